The molecule has 5 rings (SSSR count). The number of aromatic nitrogens is 2. The standard InChI is InChI=1S/C27H21N3O2/c1-18(20-16-15-19-9-5-6-10-21(19)17-20)28-26(31)25-23-13-7-8-14-24(23)27(32)30(29-25)22-11-3-2-4-12-22/h2-18H,1H3,(H,28,31). The zero-order valence-electron chi connectivity index (χ0n) is 17.5. The van der Waals surface area contributed by atoms with Gasteiger partial charge in [0.1, 0.15) is 0 Å². The van der Waals surface area contributed by atoms with Gasteiger partial charge in [0.15, 0.2) is 5.69 Å². The Morgan fingerprint density at radius 2 is 1.47 bits per heavy atom. The van der Waals surface area contributed by atoms with E-state index in [2.05, 4.69) is 34.7 Å². The van der Waals surface area contributed by atoms with Gasteiger partial charge in [0, 0.05) is 5.39 Å². The number of nitrogens with zero attached hydrogens (tertiary/aromatic N) is 2. The molecule has 1 unspecified atom stereocenters. The van der Waals surface area contributed by atoms with Gasteiger partial charge < -0.3 is 5.32 Å². The molecular weight excluding hydrogens is 398 g/mol. The van der Waals surface area contributed by atoms with E-state index in [0.717, 1.165) is 16.3 Å². The predicted octanol–water partition coefficient (Wildman–Crippen LogP) is 5.03. The maximum atomic E-state index is 13.3. The van der Waals surface area contributed by atoms with Crippen LogP contribution in [0, 0.1) is 0 Å². The lowest BCUT2D eigenvalue weighted by atomic mass is 10.0. The number of hydrogen-bond acceptors (Lipinski definition) is 3. The van der Waals surface area contributed by atoms with Crippen molar-refractivity contribution in [2.75, 3.05) is 0 Å². The van der Waals surface area contributed by atoms with E-state index in [4.69, 9.17) is 0 Å². The molecule has 0 spiro atoms. The fraction of sp³-hybridized carbons (Fsp3) is 0.0741. The normalized spacial score (nSPS) is 12.0. The first-order chi connectivity index (χ1) is 15.6. The fourth-order valence-electron chi connectivity index (χ4n) is 3.93. The second-order valence-electron chi connectivity index (χ2n) is 7.75. The van der Waals surface area contributed by atoms with Crippen LogP contribution in [0.2, 0.25) is 0 Å². The van der Waals surface area contributed by atoms with Gasteiger partial charge in [-0.25, -0.2) is 0 Å². The van der Waals surface area contributed by atoms with Crippen LogP contribution in [0.5, 0.6) is 0 Å². The van der Waals surface area contributed by atoms with Gasteiger partial charge in [-0.2, -0.15) is 9.78 Å². The number of fused-ring (bicyclic) bond motifs is 2. The van der Waals surface area contributed by atoms with Crippen LogP contribution in [-0.4, -0.2) is 15.7 Å². The average molecular weight is 419 g/mol. The van der Waals surface area contributed by atoms with Gasteiger partial charge in [-0.05, 0) is 47.5 Å². The Bertz CT molecular complexity index is 1510. The maximum absolute atomic E-state index is 13.3. The average Bonchev–Trinajstić information content (AvgIpc) is 2.84. The number of amides is 1. The van der Waals surface area contributed by atoms with Crippen LogP contribution >= 0.6 is 0 Å². The molecule has 0 fully saturated rings. The van der Waals surface area contributed by atoms with Crippen LogP contribution in [0.3, 0.4) is 0 Å². The Kier molecular flexibility index (Phi) is 5.00. The Balaban J connectivity index is 1.55. The van der Waals surface area contributed by atoms with Gasteiger partial charge in [0.25, 0.3) is 11.5 Å². The van der Waals surface area contributed by atoms with Crippen LogP contribution in [-0.2, 0) is 0 Å². The minimum atomic E-state index is -0.327. The van der Waals surface area contributed by atoms with E-state index in [1.807, 2.05) is 43.3 Å². The molecule has 1 heterocycles. The number of carbonyl (C=O) groups is 1. The second-order valence-corrected chi connectivity index (χ2v) is 7.75. The number of hydrogen-bond donors (Lipinski definition) is 1. The van der Waals surface area contributed by atoms with Crippen LogP contribution in [0.25, 0.3) is 27.2 Å². The molecule has 1 amide bonds. The smallest absolute Gasteiger partial charge is 0.279 e. The predicted molar refractivity (Wildman–Crippen MR) is 127 cm³/mol. The third kappa shape index (κ3) is 3.54. The number of para-hydroxylation sites is 1. The van der Waals surface area contributed by atoms with Crippen molar-refractivity contribution >= 4 is 27.5 Å². The van der Waals surface area contributed by atoms with Crippen molar-refractivity contribution in [3.8, 4) is 5.69 Å². The maximum Gasteiger partial charge on any atom is 0.279 e. The Labute approximate surface area is 184 Å². The summed E-state index contributed by atoms with van der Waals surface area (Å²) >= 11 is 0. The molecule has 0 aliphatic carbocycles. The van der Waals surface area contributed by atoms with E-state index in [1.54, 1.807) is 36.4 Å². The number of rotatable bonds is 4. The second kappa shape index (κ2) is 8.12. The Morgan fingerprint density at radius 1 is 0.812 bits per heavy atom. The van der Waals surface area contributed by atoms with E-state index >= 15 is 0 Å². The van der Waals surface area contributed by atoms with E-state index in [0.29, 0.717) is 16.5 Å². The summed E-state index contributed by atoms with van der Waals surface area (Å²) in [4.78, 5) is 26.4. The molecule has 0 radical (unpaired) electrons. The molecule has 1 N–H and O–H groups in total. The van der Waals surface area contributed by atoms with Crippen molar-refractivity contribution in [2.24, 2.45) is 0 Å². The van der Waals surface area contributed by atoms with Crippen molar-refractivity contribution in [2.45, 2.75) is 13.0 Å². The van der Waals surface area contributed by atoms with Crippen LogP contribution < -0.4 is 10.9 Å². The fourth-order valence-corrected chi connectivity index (χ4v) is 3.93. The highest BCUT2D eigenvalue weighted by molar-refractivity contribution is 6.05. The first kappa shape index (κ1) is 19.7. The molecule has 0 aliphatic rings. The summed E-state index contributed by atoms with van der Waals surface area (Å²) in [6.07, 6.45) is 0. The third-order valence-corrected chi connectivity index (χ3v) is 5.64. The van der Waals surface area contributed by atoms with E-state index in [9.17, 15) is 9.59 Å². The number of carbonyl (C=O) groups excluding carboxylic acids is 1. The lowest BCUT2D eigenvalue weighted by Crippen LogP contribution is -2.31. The third-order valence-electron chi connectivity index (χ3n) is 5.64. The zero-order valence-corrected chi connectivity index (χ0v) is 17.5. The zero-order chi connectivity index (χ0) is 22.1. The summed E-state index contributed by atoms with van der Waals surface area (Å²) in [6.45, 7) is 1.94. The van der Waals surface area contributed by atoms with E-state index < -0.39 is 0 Å². The summed E-state index contributed by atoms with van der Waals surface area (Å²) in [5.74, 6) is -0.327. The first-order valence-electron chi connectivity index (χ1n) is 10.5. The van der Waals surface area contributed by atoms with Gasteiger partial charge in [-0.1, -0.05) is 72.8 Å². The molecule has 0 aliphatic heterocycles. The molecule has 0 saturated carbocycles. The molecule has 1 atom stereocenters. The molecule has 0 saturated heterocycles. The monoisotopic (exact) mass is 419 g/mol. The summed E-state index contributed by atoms with van der Waals surface area (Å²) in [5.41, 5.74) is 1.57. The van der Waals surface area contributed by atoms with Gasteiger partial charge in [-0.15, -0.1) is 0 Å². The summed E-state index contributed by atoms with van der Waals surface area (Å²) in [5, 5.41) is 10.8. The van der Waals surface area contributed by atoms with E-state index in [1.165, 1.54) is 4.68 Å². The molecule has 5 aromatic rings. The largest absolute Gasteiger partial charge is 0.344 e. The molecular formula is C27H21N3O2. The van der Waals surface area contributed by atoms with Gasteiger partial charge in [0.05, 0.1) is 17.1 Å². The first-order valence-corrected chi connectivity index (χ1v) is 10.5. The van der Waals surface area contributed by atoms with Gasteiger partial charge in [0.2, 0.25) is 0 Å². The lowest BCUT2D eigenvalue weighted by Gasteiger charge is -2.16. The Morgan fingerprint density at radius 3 is 2.25 bits per heavy atom. The highest BCUT2D eigenvalue weighted by atomic mass is 16.2. The number of benzene rings is 4. The summed E-state index contributed by atoms with van der Waals surface area (Å²) < 4.78 is 1.29. The SMILES string of the molecule is CC(NC(=O)c1nn(-c2ccccc2)c(=O)c2ccccc12)c1ccc2ccccc2c1. The molecule has 5 nitrogen and oxygen atoms in total. The van der Waals surface area contributed by atoms with Gasteiger partial charge in [-0.3, -0.25) is 9.59 Å². The van der Waals surface area contributed by atoms with Crippen molar-refractivity contribution in [3.63, 3.8) is 0 Å². The molecule has 0 bridgehead atoms. The highest BCUT2D eigenvalue weighted by Gasteiger charge is 2.19. The molecule has 156 valence electrons. The summed E-state index contributed by atoms with van der Waals surface area (Å²) in [6, 6.07) is 30.2. The highest BCUT2D eigenvalue weighted by Crippen LogP contribution is 2.21. The molecule has 5 heteroatoms. The minimum absolute atomic E-state index is 0.219. The van der Waals surface area contributed by atoms with Crippen LogP contribution in [0.1, 0.15) is 29.0 Å². The van der Waals surface area contributed by atoms with Crippen LogP contribution in [0.15, 0.2) is 102 Å². The minimum Gasteiger partial charge on any atom is -0.344 e. The van der Waals surface area contributed by atoms with Crippen molar-refractivity contribution in [3.05, 3.63) is 119 Å². The van der Waals surface area contributed by atoms with Gasteiger partial charge >= 0.3 is 0 Å². The van der Waals surface area contributed by atoms with E-state index in [-0.39, 0.29) is 23.2 Å². The topological polar surface area (TPSA) is 64.0 Å². The molecule has 1 aromatic heterocycles. The van der Waals surface area contributed by atoms with Crippen molar-refractivity contribution in [1.82, 2.24) is 15.1 Å². The van der Waals surface area contributed by atoms with Crippen LogP contribution in [0.4, 0.5) is 0 Å². The molecule has 32 heavy (non-hydrogen) atoms. The van der Waals surface area contributed by atoms with Crippen molar-refractivity contribution < 1.29 is 4.79 Å². The van der Waals surface area contributed by atoms with Crippen molar-refractivity contribution in [1.29, 1.82) is 0 Å². The molecule has 4 aromatic carbocycles. The number of nitrogens with one attached hydrogen (secondary N) is 1. The lowest BCUT2D eigenvalue weighted by molar-refractivity contribution is 0.0935. The quantitative estimate of drug-likeness (QED) is 0.444. The Hall–Kier alpha value is -4.25. The summed E-state index contributed by atoms with van der Waals surface area (Å²) in [7, 11) is 0.